The van der Waals surface area contributed by atoms with Crippen LogP contribution >= 0.6 is 0 Å². The number of amides is 3. The van der Waals surface area contributed by atoms with Crippen LogP contribution in [0.2, 0.25) is 0 Å². The molecule has 0 spiro atoms. The number of carbonyl (C=O) groups is 2. The van der Waals surface area contributed by atoms with Crippen molar-refractivity contribution in [2.45, 2.75) is 13.1 Å². The molecule has 2 aromatic rings. The maximum absolute atomic E-state index is 13.6. The molecular formula is C18H20FN7O2. The van der Waals surface area contributed by atoms with E-state index in [1.54, 1.807) is 10.7 Å². The molecule has 1 aliphatic rings. The Balaban J connectivity index is 1.90. The number of rotatable bonds is 4. The summed E-state index contributed by atoms with van der Waals surface area (Å²) in [5.41, 5.74) is 17.9. The van der Waals surface area contributed by atoms with E-state index in [-0.39, 0.29) is 23.6 Å². The van der Waals surface area contributed by atoms with Gasteiger partial charge in [-0.15, -0.1) is 0 Å². The van der Waals surface area contributed by atoms with Crippen LogP contribution in [0.15, 0.2) is 48.4 Å². The minimum Gasteiger partial charge on any atom is -0.405 e. The largest absolute Gasteiger partial charge is 0.405 e. The van der Waals surface area contributed by atoms with Gasteiger partial charge in [0, 0.05) is 12.1 Å². The van der Waals surface area contributed by atoms with Crippen molar-refractivity contribution in [3.63, 3.8) is 0 Å². The summed E-state index contributed by atoms with van der Waals surface area (Å²) in [4.78, 5) is 26.0. The molecule has 9 nitrogen and oxygen atoms in total. The molecule has 1 aromatic heterocycles. The molecule has 3 amide bonds. The Morgan fingerprint density at radius 1 is 1.25 bits per heavy atom. The first-order chi connectivity index (χ1) is 13.4. The van der Waals surface area contributed by atoms with E-state index in [2.05, 4.69) is 10.4 Å². The van der Waals surface area contributed by atoms with E-state index in [0.717, 1.165) is 0 Å². The van der Waals surface area contributed by atoms with E-state index in [1.165, 1.54) is 41.5 Å². The standard InChI is InChI=1S/C18H20FN7O2/c19-12-4-1-3-11(9-12)16-15(17(22)27)13-10-25(7-8-26(13)24-16)18(28)23-14(21)5-2-6-20/h1-6,9H,7-8,10,20-21H2,(H2,22,27)(H,23,28)/b6-2-,14-5+. The highest BCUT2D eigenvalue weighted by Crippen LogP contribution is 2.28. The first-order valence-corrected chi connectivity index (χ1v) is 8.46. The average molecular weight is 385 g/mol. The van der Waals surface area contributed by atoms with E-state index in [1.807, 2.05) is 0 Å². The van der Waals surface area contributed by atoms with Crippen molar-refractivity contribution in [1.82, 2.24) is 20.0 Å². The van der Waals surface area contributed by atoms with Crippen LogP contribution in [0.5, 0.6) is 0 Å². The third kappa shape index (κ3) is 3.80. The highest BCUT2D eigenvalue weighted by molar-refractivity contribution is 6.00. The van der Waals surface area contributed by atoms with Gasteiger partial charge in [0.2, 0.25) is 0 Å². The summed E-state index contributed by atoms with van der Waals surface area (Å²) in [7, 11) is 0. The zero-order valence-electron chi connectivity index (χ0n) is 14.9. The fourth-order valence-corrected chi connectivity index (χ4v) is 2.99. The minimum absolute atomic E-state index is 0.104. The molecule has 0 bridgehead atoms. The molecule has 0 atom stereocenters. The third-order valence-electron chi connectivity index (χ3n) is 4.25. The Hall–Kier alpha value is -3.82. The monoisotopic (exact) mass is 385 g/mol. The maximum Gasteiger partial charge on any atom is 0.323 e. The van der Waals surface area contributed by atoms with Gasteiger partial charge in [-0.1, -0.05) is 12.1 Å². The van der Waals surface area contributed by atoms with E-state index >= 15 is 0 Å². The molecule has 3 rings (SSSR count). The zero-order valence-corrected chi connectivity index (χ0v) is 14.9. The minimum atomic E-state index is -0.699. The predicted octanol–water partition coefficient (Wildman–Crippen LogP) is 0.586. The lowest BCUT2D eigenvalue weighted by Crippen LogP contribution is -2.45. The lowest BCUT2D eigenvalue weighted by molar-refractivity contribution is 0.0997. The Morgan fingerprint density at radius 2 is 2.04 bits per heavy atom. The number of fused-ring (bicyclic) bond motifs is 1. The molecule has 146 valence electrons. The lowest BCUT2D eigenvalue weighted by Gasteiger charge is -2.28. The summed E-state index contributed by atoms with van der Waals surface area (Å²) in [5.74, 6) is -1.02. The highest BCUT2D eigenvalue weighted by Gasteiger charge is 2.29. The predicted molar refractivity (Wildman–Crippen MR) is 101 cm³/mol. The van der Waals surface area contributed by atoms with Crippen molar-refractivity contribution in [3.05, 3.63) is 65.5 Å². The SMILES string of the molecule is N/C=C\C=C(/N)NC(=O)N1CCn2nc(-c3cccc(F)c3)c(C(N)=O)c2C1. The van der Waals surface area contributed by atoms with Gasteiger partial charge >= 0.3 is 6.03 Å². The summed E-state index contributed by atoms with van der Waals surface area (Å²) in [6.45, 7) is 0.804. The van der Waals surface area contributed by atoms with Crippen molar-refractivity contribution in [2.24, 2.45) is 17.2 Å². The Morgan fingerprint density at radius 3 is 2.71 bits per heavy atom. The zero-order chi connectivity index (χ0) is 20.3. The lowest BCUT2D eigenvalue weighted by atomic mass is 10.0. The van der Waals surface area contributed by atoms with Crippen molar-refractivity contribution < 1.29 is 14.0 Å². The molecule has 0 saturated heterocycles. The van der Waals surface area contributed by atoms with Crippen molar-refractivity contribution in [3.8, 4) is 11.3 Å². The number of hydrogen-bond acceptors (Lipinski definition) is 5. The first-order valence-electron chi connectivity index (χ1n) is 8.46. The van der Waals surface area contributed by atoms with Gasteiger partial charge in [0.05, 0.1) is 24.3 Å². The van der Waals surface area contributed by atoms with Crippen LogP contribution in [-0.4, -0.2) is 33.2 Å². The van der Waals surface area contributed by atoms with Gasteiger partial charge in [0.15, 0.2) is 0 Å². The van der Waals surface area contributed by atoms with Crippen LogP contribution in [0.1, 0.15) is 16.1 Å². The molecular weight excluding hydrogens is 365 g/mol. The number of benzene rings is 1. The third-order valence-corrected chi connectivity index (χ3v) is 4.25. The number of nitrogens with two attached hydrogens (primary N) is 3. The average Bonchev–Trinajstić information content (AvgIpc) is 3.05. The molecule has 1 aliphatic heterocycles. The number of hydrogen-bond donors (Lipinski definition) is 4. The topological polar surface area (TPSA) is 145 Å². The number of aromatic nitrogens is 2. The van der Waals surface area contributed by atoms with Gasteiger partial charge in [-0.3, -0.25) is 14.8 Å². The van der Waals surface area contributed by atoms with Crippen LogP contribution in [0.4, 0.5) is 9.18 Å². The van der Waals surface area contributed by atoms with Gasteiger partial charge in [-0.2, -0.15) is 5.10 Å². The molecule has 10 heteroatoms. The van der Waals surface area contributed by atoms with E-state index in [9.17, 15) is 14.0 Å². The summed E-state index contributed by atoms with van der Waals surface area (Å²) in [6, 6.07) is 5.31. The molecule has 1 aromatic carbocycles. The molecule has 7 N–H and O–H groups in total. The highest BCUT2D eigenvalue weighted by atomic mass is 19.1. The fraction of sp³-hybridized carbons (Fsp3) is 0.167. The number of allylic oxidation sites excluding steroid dienone is 2. The van der Waals surface area contributed by atoms with Gasteiger partial charge in [-0.05, 0) is 30.5 Å². The van der Waals surface area contributed by atoms with Crippen molar-refractivity contribution >= 4 is 11.9 Å². The van der Waals surface area contributed by atoms with Crippen LogP contribution < -0.4 is 22.5 Å². The normalized spacial score (nSPS) is 14.2. The number of urea groups is 1. The second-order valence-electron chi connectivity index (χ2n) is 6.13. The number of nitrogens with one attached hydrogen (secondary N) is 1. The number of primary amides is 1. The van der Waals surface area contributed by atoms with Crippen LogP contribution in [0.25, 0.3) is 11.3 Å². The Labute approximate surface area is 160 Å². The van der Waals surface area contributed by atoms with E-state index < -0.39 is 17.8 Å². The summed E-state index contributed by atoms with van der Waals surface area (Å²) < 4.78 is 15.2. The second kappa shape index (κ2) is 7.82. The van der Waals surface area contributed by atoms with Gasteiger partial charge in [0.1, 0.15) is 17.3 Å². The quantitative estimate of drug-likeness (QED) is 0.569. The number of nitrogens with zero attached hydrogens (tertiary/aromatic N) is 3. The van der Waals surface area contributed by atoms with Crippen LogP contribution in [0.3, 0.4) is 0 Å². The first kappa shape index (κ1) is 19.0. The molecule has 0 unspecified atom stereocenters. The fourth-order valence-electron chi connectivity index (χ4n) is 2.99. The smallest absolute Gasteiger partial charge is 0.323 e. The maximum atomic E-state index is 13.6. The second-order valence-corrected chi connectivity index (χ2v) is 6.13. The molecule has 0 saturated carbocycles. The number of halogens is 1. The van der Waals surface area contributed by atoms with E-state index in [4.69, 9.17) is 17.2 Å². The Kier molecular flexibility index (Phi) is 5.30. The number of carbonyl (C=O) groups excluding carboxylic acids is 2. The Bertz CT molecular complexity index is 980. The van der Waals surface area contributed by atoms with Crippen LogP contribution in [0, 0.1) is 5.82 Å². The van der Waals surface area contributed by atoms with Crippen molar-refractivity contribution in [2.75, 3.05) is 6.54 Å². The van der Waals surface area contributed by atoms with Gasteiger partial charge < -0.3 is 22.1 Å². The van der Waals surface area contributed by atoms with Gasteiger partial charge in [0.25, 0.3) is 5.91 Å². The molecule has 0 fully saturated rings. The molecule has 2 heterocycles. The van der Waals surface area contributed by atoms with E-state index in [0.29, 0.717) is 24.3 Å². The molecule has 28 heavy (non-hydrogen) atoms. The molecule has 0 aliphatic carbocycles. The molecule has 0 radical (unpaired) electrons. The summed E-state index contributed by atoms with van der Waals surface area (Å²) >= 11 is 0. The van der Waals surface area contributed by atoms with Crippen molar-refractivity contribution in [1.29, 1.82) is 0 Å². The summed E-state index contributed by atoms with van der Waals surface area (Å²) in [5, 5.41) is 6.94. The van der Waals surface area contributed by atoms with Gasteiger partial charge in [-0.25, -0.2) is 9.18 Å². The summed E-state index contributed by atoms with van der Waals surface area (Å²) in [6.07, 6.45) is 4.21. The van der Waals surface area contributed by atoms with Crippen LogP contribution in [-0.2, 0) is 13.1 Å².